The first-order chi connectivity index (χ1) is 16.1. The number of amides is 1. The summed E-state index contributed by atoms with van der Waals surface area (Å²) in [7, 11) is 0. The van der Waals surface area contributed by atoms with Crippen molar-refractivity contribution in [2.24, 2.45) is 0 Å². The highest BCUT2D eigenvalue weighted by atomic mass is 19.2. The van der Waals surface area contributed by atoms with Gasteiger partial charge in [0, 0.05) is 36.6 Å². The third-order valence-corrected chi connectivity index (χ3v) is 4.84. The molecule has 0 aliphatic heterocycles. The van der Waals surface area contributed by atoms with E-state index in [0.29, 0.717) is 42.1 Å². The van der Waals surface area contributed by atoms with Crippen molar-refractivity contribution in [3.05, 3.63) is 96.2 Å². The molecule has 0 atom stereocenters. The van der Waals surface area contributed by atoms with Crippen LogP contribution in [0.5, 0.6) is 0 Å². The van der Waals surface area contributed by atoms with Gasteiger partial charge in [0.15, 0.2) is 23.3 Å². The summed E-state index contributed by atoms with van der Waals surface area (Å²) in [6.45, 7) is 0.696. The zero-order valence-electron chi connectivity index (χ0n) is 17.5. The summed E-state index contributed by atoms with van der Waals surface area (Å²) in [5.74, 6) is -1.37. The first kappa shape index (κ1) is 21.9. The molecule has 0 unspecified atom stereocenters. The maximum absolute atomic E-state index is 13.7. The number of rotatable bonds is 9. The molecule has 0 aliphatic carbocycles. The fourth-order valence-electron chi connectivity index (χ4n) is 3.19. The Morgan fingerprint density at radius 3 is 2.33 bits per heavy atom. The van der Waals surface area contributed by atoms with Crippen molar-refractivity contribution in [3.63, 3.8) is 0 Å². The molecule has 9 heteroatoms. The molecule has 3 aromatic heterocycles. The molecule has 0 saturated carbocycles. The van der Waals surface area contributed by atoms with Gasteiger partial charge in [-0.1, -0.05) is 12.1 Å². The van der Waals surface area contributed by atoms with Crippen molar-refractivity contribution < 1.29 is 13.6 Å². The Bertz CT molecular complexity index is 1220. The molecule has 4 aromatic rings. The number of nitrogens with one attached hydrogen (secondary N) is 1. The van der Waals surface area contributed by atoms with E-state index in [1.165, 1.54) is 17.2 Å². The molecule has 1 amide bonds. The molecule has 0 spiro atoms. The maximum Gasteiger partial charge on any atom is 0.214 e. The summed E-state index contributed by atoms with van der Waals surface area (Å²) in [5, 5.41) is 3.22. The van der Waals surface area contributed by atoms with E-state index in [1.54, 1.807) is 24.5 Å². The minimum absolute atomic E-state index is 0.196. The van der Waals surface area contributed by atoms with Gasteiger partial charge in [0.25, 0.3) is 0 Å². The molecule has 3 heterocycles. The number of benzene rings is 1. The van der Waals surface area contributed by atoms with Crippen LogP contribution >= 0.6 is 0 Å². The second kappa shape index (κ2) is 10.4. The molecule has 1 aromatic carbocycles. The smallest absolute Gasteiger partial charge is 0.214 e. The van der Waals surface area contributed by atoms with E-state index in [0.717, 1.165) is 17.8 Å². The highest BCUT2D eigenvalue weighted by Crippen LogP contribution is 2.27. The van der Waals surface area contributed by atoms with Crippen molar-refractivity contribution >= 4 is 17.9 Å². The number of pyridine rings is 2. The van der Waals surface area contributed by atoms with Gasteiger partial charge in [-0.2, -0.15) is 0 Å². The van der Waals surface area contributed by atoms with Crippen LogP contribution in [0.15, 0.2) is 73.2 Å². The third-order valence-electron chi connectivity index (χ3n) is 4.84. The molecule has 33 heavy (non-hydrogen) atoms. The quantitative estimate of drug-likeness (QED) is 0.391. The number of anilines is 2. The lowest BCUT2D eigenvalue weighted by molar-refractivity contribution is -0.107. The number of nitrogens with zero attached hydrogens (tertiary/aromatic N) is 5. The summed E-state index contributed by atoms with van der Waals surface area (Å²) >= 11 is 0. The largest absolute Gasteiger partial charge is 0.368 e. The van der Waals surface area contributed by atoms with Crippen LogP contribution in [0.2, 0.25) is 0 Å². The molecule has 4 rings (SSSR count). The SMILES string of the molecule is O=CN(Cc1ccccn1)c1cnc(-c2ccc(F)c(F)c2)nc1NCCc1ccccn1. The molecule has 166 valence electrons. The molecule has 0 saturated heterocycles. The van der Waals surface area contributed by atoms with Crippen molar-refractivity contribution in [2.75, 3.05) is 16.8 Å². The summed E-state index contributed by atoms with van der Waals surface area (Å²) in [5.41, 5.74) is 2.33. The fourth-order valence-corrected chi connectivity index (χ4v) is 3.19. The van der Waals surface area contributed by atoms with E-state index in [9.17, 15) is 13.6 Å². The number of carbonyl (C=O) groups excluding carboxylic acids is 1. The van der Waals surface area contributed by atoms with Crippen molar-refractivity contribution in [1.29, 1.82) is 0 Å². The molecular weight excluding hydrogens is 426 g/mol. The normalized spacial score (nSPS) is 10.6. The first-order valence-electron chi connectivity index (χ1n) is 10.2. The van der Waals surface area contributed by atoms with Gasteiger partial charge < -0.3 is 10.2 Å². The zero-order chi connectivity index (χ0) is 23.0. The van der Waals surface area contributed by atoms with E-state index in [2.05, 4.69) is 25.3 Å². The molecule has 0 bridgehead atoms. The van der Waals surface area contributed by atoms with Crippen LogP contribution in [0, 0.1) is 11.6 Å². The van der Waals surface area contributed by atoms with E-state index in [-0.39, 0.29) is 12.4 Å². The van der Waals surface area contributed by atoms with E-state index < -0.39 is 11.6 Å². The highest BCUT2D eigenvalue weighted by molar-refractivity contribution is 5.82. The summed E-state index contributed by atoms with van der Waals surface area (Å²) in [6.07, 6.45) is 6.13. The van der Waals surface area contributed by atoms with Crippen LogP contribution in [-0.4, -0.2) is 32.9 Å². The predicted octanol–water partition coefficient (Wildman–Crippen LogP) is 4.03. The second-order valence-corrected chi connectivity index (χ2v) is 7.11. The van der Waals surface area contributed by atoms with Crippen LogP contribution in [-0.2, 0) is 17.8 Å². The topological polar surface area (TPSA) is 83.9 Å². The lowest BCUT2D eigenvalue weighted by Gasteiger charge is -2.20. The Morgan fingerprint density at radius 2 is 1.67 bits per heavy atom. The number of hydrogen-bond acceptors (Lipinski definition) is 6. The highest BCUT2D eigenvalue weighted by Gasteiger charge is 2.17. The maximum atomic E-state index is 13.7. The van der Waals surface area contributed by atoms with Gasteiger partial charge in [-0.3, -0.25) is 14.8 Å². The molecule has 0 aliphatic rings. The molecule has 7 nitrogen and oxygen atoms in total. The van der Waals surface area contributed by atoms with Gasteiger partial charge in [0.1, 0.15) is 5.69 Å². The van der Waals surface area contributed by atoms with Crippen LogP contribution in [0.1, 0.15) is 11.4 Å². The average Bonchev–Trinajstić information content (AvgIpc) is 2.86. The molecule has 0 fully saturated rings. The monoisotopic (exact) mass is 446 g/mol. The van der Waals surface area contributed by atoms with Crippen LogP contribution in [0.3, 0.4) is 0 Å². The van der Waals surface area contributed by atoms with Gasteiger partial charge in [0.2, 0.25) is 6.41 Å². The van der Waals surface area contributed by atoms with Gasteiger partial charge in [-0.25, -0.2) is 18.7 Å². The average molecular weight is 446 g/mol. The van der Waals surface area contributed by atoms with E-state index in [1.807, 2.05) is 24.3 Å². The summed E-state index contributed by atoms with van der Waals surface area (Å²) < 4.78 is 27.1. The van der Waals surface area contributed by atoms with Crippen molar-refractivity contribution in [3.8, 4) is 11.4 Å². The van der Waals surface area contributed by atoms with Gasteiger partial charge in [-0.05, 0) is 42.5 Å². The van der Waals surface area contributed by atoms with Gasteiger partial charge in [0.05, 0.1) is 18.4 Å². The minimum Gasteiger partial charge on any atom is -0.368 e. The fraction of sp³-hybridized carbons (Fsp3) is 0.125. The number of halogens is 2. The number of hydrogen-bond donors (Lipinski definition) is 1. The number of aromatic nitrogens is 4. The molecule has 1 N–H and O–H groups in total. The molecule has 0 radical (unpaired) electrons. The summed E-state index contributed by atoms with van der Waals surface area (Å²) in [4.78, 5) is 30.7. The Labute approximate surface area is 189 Å². The van der Waals surface area contributed by atoms with E-state index >= 15 is 0 Å². The molecular formula is C24H20F2N6O. The zero-order valence-corrected chi connectivity index (χ0v) is 17.5. The van der Waals surface area contributed by atoms with Gasteiger partial charge in [-0.15, -0.1) is 0 Å². The van der Waals surface area contributed by atoms with Crippen molar-refractivity contribution in [1.82, 2.24) is 19.9 Å². The Balaban J connectivity index is 1.64. The standard InChI is InChI=1S/C24H20F2N6O/c25-20-8-7-17(13-21(20)26)23-30-14-22(32(16-33)15-19-6-2-4-11-28-19)24(31-23)29-12-9-18-5-1-3-10-27-18/h1-8,10-11,13-14,16H,9,12,15H2,(H,29,30,31). The third kappa shape index (κ3) is 5.51. The lowest BCUT2D eigenvalue weighted by Crippen LogP contribution is -2.23. The second-order valence-electron chi connectivity index (χ2n) is 7.11. The Kier molecular flexibility index (Phi) is 6.89. The lowest BCUT2D eigenvalue weighted by atomic mass is 10.2. The number of carbonyl (C=O) groups is 1. The van der Waals surface area contributed by atoms with Gasteiger partial charge >= 0.3 is 0 Å². The van der Waals surface area contributed by atoms with E-state index in [4.69, 9.17) is 0 Å². The summed E-state index contributed by atoms with van der Waals surface area (Å²) in [6, 6.07) is 14.5. The first-order valence-corrected chi connectivity index (χ1v) is 10.2. The Hall–Kier alpha value is -4.27. The Morgan fingerprint density at radius 1 is 0.909 bits per heavy atom. The predicted molar refractivity (Wildman–Crippen MR) is 120 cm³/mol. The van der Waals surface area contributed by atoms with Crippen LogP contribution in [0.4, 0.5) is 20.3 Å². The van der Waals surface area contributed by atoms with Crippen molar-refractivity contribution in [2.45, 2.75) is 13.0 Å². The van der Waals surface area contributed by atoms with Crippen LogP contribution in [0.25, 0.3) is 11.4 Å². The van der Waals surface area contributed by atoms with Crippen LogP contribution < -0.4 is 10.2 Å². The minimum atomic E-state index is -0.991.